The van der Waals surface area contributed by atoms with Crippen molar-refractivity contribution in [1.82, 2.24) is 4.98 Å². The largest absolute Gasteiger partial charge is 0.443 e. The van der Waals surface area contributed by atoms with Crippen LogP contribution in [0.5, 0.6) is 0 Å². The summed E-state index contributed by atoms with van der Waals surface area (Å²) >= 11 is 0. The molecule has 0 saturated carbocycles. The lowest BCUT2D eigenvalue weighted by Crippen LogP contribution is -2.07. The fourth-order valence-corrected chi connectivity index (χ4v) is 1.15. The van der Waals surface area contributed by atoms with Gasteiger partial charge in [-0.05, 0) is 0 Å². The van der Waals surface area contributed by atoms with Crippen molar-refractivity contribution in [3.8, 4) is 0 Å². The summed E-state index contributed by atoms with van der Waals surface area (Å²) in [4.78, 5) is 4.20. The van der Waals surface area contributed by atoms with E-state index in [2.05, 4.69) is 4.98 Å². The normalized spacial score (nSPS) is 16.9. The van der Waals surface area contributed by atoms with Crippen LogP contribution >= 0.6 is 0 Å². The molecule has 3 nitrogen and oxygen atoms in total. The number of hydrogen-bond acceptors (Lipinski definition) is 3. The number of hydrogen-bond donors (Lipinski definition) is 0. The first-order chi connectivity index (χ1) is 4.86. The van der Waals surface area contributed by atoms with Crippen molar-refractivity contribution in [2.45, 2.75) is 20.0 Å². The molecular weight excluding hydrogens is 130 g/mol. The van der Waals surface area contributed by atoms with Gasteiger partial charge in [-0.3, -0.25) is 0 Å². The molecule has 1 aromatic rings. The van der Waals surface area contributed by atoms with E-state index >= 15 is 0 Å². The Morgan fingerprint density at radius 1 is 1.50 bits per heavy atom. The van der Waals surface area contributed by atoms with Crippen LogP contribution in [0.2, 0.25) is 0 Å². The quantitative estimate of drug-likeness (QED) is 0.539. The van der Waals surface area contributed by atoms with Crippen LogP contribution in [0.1, 0.15) is 17.3 Å². The van der Waals surface area contributed by atoms with Crippen molar-refractivity contribution in [2.24, 2.45) is 0 Å². The molecule has 0 bridgehead atoms. The Morgan fingerprint density at radius 2 is 2.40 bits per heavy atom. The highest BCUT2D eigenvalue weighted by molar-refractivity contribution is 5.10. The molecule has 1 aliphatic rings. The minimum Gasteiger partial charge on any atom is -0.443 e. The van der Waals surface area contributed by atoms with Crippen molar-refractivity contribution in [2.75, 3.05) is 6.61 Å². The van der Waals surface area contributed by atoms with Gasteiger partial charge in [0.2, 0.25) is 0 Å². The summed E-state index contributed by atoms with van der Waals surface area (Å²) in [6.07, 6.45) is 0.896. The standard InChI is InChI=1S/C7H9NO2/c1-5-8-6-2-3-9-4-7(6)10-5/h2-4H2,1H3. The van der Waals surface area contributed by atoms with Gasteiger partial charge in [0, 0.05) is 13.3 Å². The number of fused-ring (bicyclic) bond motifs is 1. The summed E-state index contributed by atoms with van der Waals surface area (Å²) in [5, 5.41) is 0. The molecule has 1 aromatic heterocycles. The molecule has 1 aliphatic heterocycles. The molecule has 0 aromatic carbocycles. The molecule has 54 valence electrons. The molecule has 0 fully saturated rings. The van der Waals surface area contributed by atoms with Crippen LogP contribution in [-0.4, -0.2) is 11.6 Å². The Morgan fingerprint density at radius 3 is 3.20 bits per heavy atom. The first-order valence-corrected chi connectivity index (χ1v) is 3.39. The fourth-order valence-electron chi connectivity index (χ4n) is 1.15. The number of nitrogens with zero attached hydrogens (tertiary/aromatic N) is 1. The van der Waals surface area contributed by atoms with Crippen LogP contribution in [0.25, 0.3) is 0 Å². The lowest BCUT2D eigenvalue weighted by Gasteiger charge is -2.07. The molecule has 0 N–H and O–H groups in total. The van der Waals surface area contributed by atoms with Crippen molar-refractivity contribution in [3.05, 3.63) is 17.3 Å². The van der Waals surface area contributed by atoms with Gasteiger partial charge in [0.25, 0.3) is 0 Å². The van der Waals surface area contributed by atoms with Crippen LogP contribution in [0, 0.1) is 6.92 Å². The zero-order chi connectivity index (χ0) is 6.97. The Hall–Kier alpha value is -0.830. The van der Waals surface area contributed by atoms with Gasteiger partial charge in [0.1, 0.15) is 6.61 Å². The summed E-state index contributed by atoms with van der Waals surface area (Å²) in [6, 6.07) is 0. The van der Waals surface area contributed by atoms with Gasteiger partial charge in [-0.2, -0.15) is 0 Å². The average molecular weight is 139 g/mol. The number of ether oxygens (including phenoxy) is 1. The SMILES string of the molecule is Cc1nc2c(o1)COCC2. The van der Waals surface area contributed by atoms with Crippen LogP contribution < -0.4 is 0 Å². The Balaban J connectivity index is 2.41. The smallest absolute Gasteiger partial charge is 0.191 e. The minimum atomic E-state index is 0.593. The maximum Gasteiger partial charge on any atom is 0.191 e. The summed E-state index contributed by atoms with van der Waals surface area (Å²) in [6.45, 7) is 3.23. The summed E-state index contributed by atoms with van der Waals surface area (Å²) in [5.74, 6) is 1.65. The fraction of sp³-hybridized carbons (Fsp3) is 0.571. The van der Waals surface area contributed by atoms with Gasteiger partial charge in [-0.25, -0.2) is 4.98 Å². The molecule has 2 rings (SSSR count). The van der Waals surface area contributed by atoms with Gasteiger partial charge in [0.15, 0.2) is 11.7 Å². The zero-order valence-corrected chi connectivity index (χ0v) is 5.89. The van der Waals surface area contributed by atoms with Gasteiger partial charge in [-0.1, -0.05) is 0 Å². The molecule has 0 saturated heterocycles. The third kappa shape index (κ3) is 0.827. The molecular formula is C7H9NO2. The van der Waals surface area contributed by atoms with Crippen molar-refractivity contribution in [1.29, 1.82) is 0 Å². The van der Waals surface area contributed by atoms with E-state index in [9.17, 15) is 0 Å². The number of aromatic nitrogens is 1. The van der Waals surface area contributed by atoms with Gasteiger partial charge < -0.3 is 9.15 Å². The zero-order valence-electron chi connectivity index (χ0n) is 5.89. The molecule has 0 radical (unpaired) electrons. The first kappa shape index (κ1) is 5.92. The molecule has 0 aliphatic carbocycles. The van der Waals surface area contributed by atoms with Crippen LogP contribution in [0.3, 0.4) is 0 Å². The Kier molecular flexibility index (Phi) is 1.24. The maximum absolute atomic E-state index is 5.27. The summed E-state index contributed by atoms with van der Waals surface area (Å²) in [5.41, 5.74) is 1.07. The molecule has 0 unspecified atom stereocenters. The number of oxazole rings is 1. The third-order valence-corrected chi connectivity index (χ3v) is 1.60. The van der Waals surface area contributed by atoms with Crippen LogP contribution in [0.15, 0.2) is 4.42 Å². The molecule has 0 spiro atoms. The monoisotopic (exact) mass is 139 g/mol. The van der Waals surface area contributed by atoms with E-state index in [4.69, 9.17) is 9.15 Å². The van der Waals surface area contributed by atoms with Crippen molar-refractivity contribution >= 4 is 0 Å². The van der Waals surface area contributed by atoms with E-state index in [1.54, 1.807) is 0 Å². The third-order valence-electron chi connectivity index (χ3n) is 1.60. The van der Waals surface area contributed by atoms with Gasteiger partial charge in [-0.15, -0.1) is 0 Å². The predicted molar refractivity (Wildman–Crippen MR) is 34.6 cm³/mol. The average Bonchev–Trinajstić information content (AvgIpc) is 2.27. The van der Waals surface area contributed by atoms with E-state index in [1.165, 1.54) is 0 Å². The Bertz CT molecular complexity index is 218. The van der Waals surface area contributed by atoms with E-state index in [1.807, 2.05) is 6.92 Å². The second-order valence-corrected chi connectivity index (χ2v) is 2.41. The van der Waals surface area contributed by atoms with E-state index < -0.39 is 0 Å². The first-order valence-electron chi connectivity index (χ1n) is 3.39. The highest BCUT2D eigenvalue weighted by Gasteiger charge is 2.14. The molecule has 10 heavy (non-hydrogen) atoms. The second-order valence-electron chi connectivity index (χ2n) is 2.41. The van der Waals surface area contributed by atoms with E-state index in [-0.39, 0.29) is 0 Å². The highest BCUT2D eigenvalue weighted by atomic mass is 16.5. The lowest BCUT2D eigenvalue weighted by molar-refractivity contribution is 0.0930. The molecule has 0 atom stereocenters. The summed E-state index contributed by atoms with van der Waals surface area (Å²) < 4.78 is 10.4. The highest BCUT2D eigenvalue weighted by Crippen LogP contribution is 2.16. The molecule has 0 amide bonds. The number of aryl methyl sites for hydroxylation is 1. The lowest BCUT2D eigenvalue weighted by atomic mass is 10.2. The van der Waals surface area contributed by atoms with Gasteiger partial charge in [0.05, 0.1) is 12.3 Å². The van der Waals surface area contributed by atoms with Crippen molar-refractivity contribution in [3.63, 3.8) is 0 Å². The van der Waals surface area contributed by atoms with Crippen LogP contribution in [0.4, 0.5) is 0 Å². The van der Waals surface area contributed by atoms with E-state index in [0.717, 1.165) is 30.4 Å². The van der Waals surface area contributed by atoms with E-state index in [0.29, 0.717) is 6.61 Å². The van der Waals surface area contributed by atoms with Crippen molar-refractivity contribution < 1.29 is 9.15 Å². The van der Waals surface area contributed by atoms with Crippen LogP contribution in [-0.2, 0) is 17.8 Å². The Labute approximate surface area is 59.0 Å². The predicted octanol–water partition coefficient (Wildman–Crippen LogP) is 1.06. The summed E-state index contributed by atoms with van der Waals surface area (Å²) in [7, 11) is 0. The molecule has 2 heterocycles. The second kappa shape index (κ2) is 2.09. The van der Waals surface area contributed by atoms with Gasteiger partial charge >= 0.3 is 0 Å². The maximum atomic E-state index is 5.27. The number of rotatable bonds is 0. The minimum absolute atomic E-state index is 0.593. The topological polar surface area (TPSA) is 35.3 Å². The molecule has 3 heteroatoms.